The maximum absolute atomic E-state index is 11.3. The van der Waals surface area contributed by atoms with Gasteiger partial charge in [0.2, 0.25) is 0 Å². The summed E-state index contributed by atoms with van der Waals surface area (Å²) in [5.74, 6) is 0.00559. The molecular weight excluding hydrogens is 400 g/mol. The summed E-state index contributed by atoms with van der Waals surface area (Å²) in [6, 6.07) is 20.1. The Balaban J connectivity index is 1.52. The molecule has 3 aromatic carbocycles. The molecule has 2 atom stereocenters. The van der Waals surface area contributed by atoms with Crippen LogP contribution in [0.25, 0.3) is 10.9 Å². The predicted octanol–water partition coefficient (Wildman–Crippen LogP) is 5.03. The molecule has 3 N–H and O–H groups in total. The molecule has 0 bridgehead atoms. The number of aromatic amines is 1. The number of aromatic carboxylic acids is 1. The van der Waals surface area contributed by atoms with Crippen molar-refractivity contribution in [3.05, 3.63) is 100 Å². The third kappa shape index (κ3) is 3.55. The van der Waals surface area contributed by atoms with Gasteiger partial charge in [-0.2, -0.15) is 0 Å². The average Bonchev–Trinajstić information content (AvgIpc) is 3.31. The molecule has 2 heterocycles. The largest absolute Gasteiger partial charge is 0.496 e. The predicted molar refractivity (Wildman–Crippen MR) is 126 cm³/mol. The molecule has 5 heteroatoms. The smallest absolute Gasteiger partial charge is 0.335 e. The van der Waals surface area contributed by atoms with Crippen molar-refractivity contribution in [2.24, 2.45) is 0 Å². The number of benzene rings is 3. The first kappa shape index (κ1) is 20.3. The van der Waals surface area contributed by atoms with Gasteiger partial charge in [0.05, 0.1) is 18.7 Å². The molecule has 1 aliphatic heterocycles. The first-order valence-electron chi connectivity index (χ1n) is 10.9. The van der Waals surface area contributed by atoms with Crippen molar-refractivity contribution in [3.63, 3.8) is 0 Å². The lowest BCUT2D eigenvalue weighted by Gasteiger charge is -2.34. The fraction of sp³-hybridized carbons (Fsp3) is 0.222. The number of rotatable bonds is 5. The summed E-state index contributed by atoms with van der Waals surface area (Å²) in [6.45, 7) is 2.09. The second kappa shape index (κ2) is 8.17. The molecule has 0 amide bonds. The lowest BCUT2D eigenvalue weighted by atomic mass is 9.84. The van der Waals surface area contributed by atoms with Crippen molar-refractivity contribution < 1.29 is 14.6 Å². The number of H-pyrrole nitrogens is 1. The monoisotopic (exact) mass is 426 g/mol. The number of hydrogen-bond donors (Lipinski definition) is 3. The number of carboxylic acids is 1. The first-order chi connectivity index (χ1) is 15.5. The van der Waals surface area contributed by atoms with E-state index in [1.54, 1.807) is 19.2 Å². The highest BCUT2D eigenvalue weighted by atomic mass is 16.5. The summed E-state index contributed by atoms with van der Waals surface area (Å²) in [5, 5.41) is 14.3. The molecule has 0 unspecified atom stereocenters. The van der Waals surface area contributed by atoms with Gasteiger partial charge in [-0.25, -0.2) is 4.79 Å². The van der Waals surface area contributed by atoms with Crippen molar-refractivity contribution in [1.29, 1.82) is 0 Å². The number of ether oxygens (including phenoxy) is 1. The van der Waals surface area contributed by atoms with Gasteiger partial charge in [0.25, 0.3) is 0 Å². The van der Waals surface area contributed by atoms with Crippen LogP contribution in [0.5, 0.6) is 5.75 Å². The fourth-order valence-corrected chi connectivity index (χ4v) is 4.95. The van der Waals surface area contributed by atoms with E-state index in [-0.39, 0.29) is 12.1 Å². The quantitative estimate of drug-likeness (QED) is 0.418. The van der Waals surface area contributed by atoms with Crippen molar-refractivity contribution in [3.8, 4) is 5.75 Å². The lowest BCUT2D eigenvalue weighted by molar-refractivity contribution is 0.0697. The number of aryl methyl sites for hydroxylation is 1. The number of carboxylic acid groups (broad SMARTS) is 1. The zero-order chi connectivity index (χ0) is 22.2. The maximum Gasteiger partial charge on any atom is 0.335 e. The number of nitrogens with one attached hydrogen (secondary N) is 2. The molecule has 162 valence electrons. The van der Waals surface area contributed by atoms with Crippen LogP contribution in [0.2, 0.25) is 0 Å². The minimum atomic E-state index is -0.909. The van der Waals surface area contributed by atoms with Crippen molar-refractivity contribution in [2.75, 3.05) is 7.11 Å². The van der Waals surface area contributed by atoms with Crippen LogP contribution < -0.4 is 10.1 Å². The molecule has 1 aromatic heterocycles. The van der Waals surface area contributed by atoms with Gasteiger partial charge in [-0.15, -0.1) is 0 Å². The molecule has 0 saturated carbocycles. The van der Waals surface area contributed by atoms with Gasteiger partial charge in [-0.1, -0.05) is 36.4 Å². The van der Waals surface area contributed by atoms with E-state index < -0.39 is 5.97 Å². The minimum absolute atomic E-state index is 0.00551. The molecule has 0 spiro atoms. The van der Waals surface area contributed by atoms with E-state index in [1.165, 1.54) is 27.6 Å². The molecular formula is C27H26N2O3. The van der Waals surface area contributed by atoms with E-state index >= 15 is 0 Å². The minimum Gasteiger partial charge on any atom is -0.496 e. The molecule has 0 aliphatic carbocycles. The van der Waals surface area contributed by atoms with Crippen LogP contribution in [0.1, 0.15) is 44.2 Å². The Labute approximate surface area is 187 Å². The van der Waals surface area contributed by atoms with E-state index in [1.807, 2.05) is 18.3 Å². The third-order valence-electron chi connectivity index (χ3n) is 6.51. The van der Waals surface area contributed by atoms with Crippen LogP contribution >= 0.6 is 0 Å². The number of methoxy groups -OCH3 is 1. The van der Waals surface area contributed by atoms with E-state index in [9.17, 15) is 9.90 Å². The molecule has 32 heavy (non-hydrogen) atoms. The van der Waals surface area contributed by atoms with Crippen LogP contribution in [0, 0.1) is 6.92 Å². The van der Waals surface area contributed by atoms with E-state index in [2.05, 4.69) is 53.6 Å². The average molecular weight is 427 g/mol. The van der Waals surface area contributed by atoms with Crippen LogP contribution in [-0.4, -0.2) is 29.2 Å². The Bertz CT molecular complexity index is 1290. The van der Waals surface area contributed by atoms with Gasteiger partial charge >= 0.3 is 5.97 Å². The highest BCUT2D eigenvalue weighted by molar-refractivity contribution is 5.88. The molecule has 0 radical (unpaired) electrons. The molecule has 5 nitrogen and oxygen atoms in total. The van der Waals surface area contributed by atoms with Crippen molar-refractivity contribution in [1.82, 2.24) is 10.3 Å². The fourth-order valence-electron chi connectivity index (χ4n) is 4.95. The SMILES string of the molecule is COc1cc(C)c2[nH]ccc2c1C[C@H]1Cc2ccccc2[C@@H](c2ccc(C(=O)O)cc2)N1. The van der Waals surface area contributed by atoms with Crippen LogP contribution in [-0.2, 0) is 12.8 Å². The third-order valence-corrected chi connectivity index (χ3v) is 6.51. The number of hydrogen-bond acceptors (Lipinski definition) is 3. The second-order valence-corrected chi connectivity index (χ2v) is 8.47. The van der Waals surface area contributed by atoms with Gasteiger partial charge in [0.15, 0.2) is 0 Å². The molecule has 0 saturated heterocycles. The van der Waals surface area contributed by atoms with Gasteiger partial charge in [-0.3, -0.25) is 0 Å². The molecule has 5 rings (SSSR count). The molecule has 4 aromatic rings. The summed E-state index contributed by atoms with van der Waals surface area (Å²) < 4.78 is 5.76. The molecule has 0 fully saturated rings. The Hall–Kier alpha value is -3.57. The van der Waals surface area contributed by atoms with Gasteiger partial charge in [0.1, 0.15) is 5.75 Å². The Morgan fingerprint density at radius 3 is 2.66 bits per heavy atom. The summed E-state index contributed by atoms with van der Waals surface area (Å²) in [7, 11) is 1.73. The van der Waals surface area contributed by atoms with Crippen LogP contribution in [0.4, 0.5) is 0 Å². The van der Waals surface area contributed by atoms with E-state index in [0.717, 1.165) is 29.7 Å². The van der Waals surface area contributed by atoms with E-state index in [4.69, 9.17) is 4.74 Å². The van der Waals surface area contributed by atoms with Gasteiger partial charge < -0.3 is 20.1 Å². The first-order valence-corrected chi connectivity index (χ1v) is 10.9. The second-order valence-electron chi connectivity index (χ2n) is 8.47. The van der Waals surface area contributed by atoms with Crippen molar-refractivity contribution in [2.45, 2.75) is 31.8 Å². The summed E-state index contributed by atoms with van der Waals surface area (Å²) >= 11 is 0. The van der Waals surface area contributed by atoms with Crippen molar-refractivity contribution >= 4 is 16.9 Å². The Kier molecular flexibility index (Phi) is 5.19. The van der Waals surface area contributed by atoms with Gasteiger partial charge in [-0.05, 0) is 66.3 Å². The highest BCUT2D eigenvalue weighted by Crippen LogP contribution is 2.35. The number of aromatic nitrogens is 1. The maximum atomic E-state index is 11.3. The lowest BCUT2D eigenvalue weighted by Crippen LogP contribution is -2.41. The Morgan fingerprint density at radius 1 is 1.12 bits per heavy atom. The number of fused-ring (bicyclic) bond motifs is 2. The highest BCUT2D eigenvalue weighted by Gasteiger charge is 2.28. The van der Waals surface area contributed by atoms with Gasteiger partial charge in [0, 0.05) is 28.7 Å². The van der Waals surface area contributed by atoms with E-state index in [0.29, 0.717) is 5.56 Å². The van der Waals surface area contributed by atoms with Crippen LogP contribution in [0.3, 0.4) is 0 Å². The standard InChI is InChI=1S/C27H26N2O3/c1-16-13-24(32-2)23(22-11-12-28-25(16)22)15-20-14-19-5-3-4-6-21(19)26(29-20)17-7-9-18(10-8-17)27(30)31/h3-13,20,26,28-29H,14-15H2,1-2H3,(H,30,31)/t20-,26-/m1/s1. The summed E-state index contributed by atoms with van der Waals surface area (Å²) in [5.41, 5.74) is 7.45. The summed E-state index contributed by atoms with van der Waals surface area (Å²) in [6.07, 6.45) is 3.73. The normalized spacial score (nSPS) is 17.8. The number of carbonyl (C=O) groups is 1. The Morgan fingerprint density at radius 2 is 1.91 bits per heavy atom. The zero-order valence-corrected chi connectivity index (χ0v) is 18.2. The zero-order valence-electron chi connectivity index (χ0n) is 18.2. The molecule has 1 aliphatic rings. The topological polar surface area (TPSA) is 74.4 Å². The van der Waals surface area contributed by atoms with Crippen LogP contribution in [0.15, 0.2) is 66.9 Å². The summed E-state index contributed by atoms with van der Waals surface area (Å²) in [4.78, 5) is 14.6.